The molecule has 1 N–H and O–H groups in total. The quantitative estimate of drug-likeness (QED) is 0.425. The van der Waals surface area contributed by atoms with Gasteiger partial charge in [-0.05, 0) is 30.7 Å². The maximum Gasteiger partial charge on any atom is 0.191 e. The second-order valence-electron chi connectivity index (χ2n) is 7.85. The fourth-order valence-electron chi connectivity index (χ4n) is 3.86. The first kappa shape index (κ1) is 22.4. The van der Waals surface area contributed by atoms with E-state index in [1.165, 1.54) is 25.4 Å². The van der Waals surface area contributed by atoms with Crippen molar-refractivity contribution in [2.75, 3.05) is 19.1 Å². The van der Waals surface area contributed by atoms with Crippen LogP contribution in [0.1, 0.15) is 18.3 Å². The monoisotopic (exact) mass is 477 g/mol. The summed E-state index contributed by atoms with van der Waals surface area (Å²) in [6.07, 6.45) is 6.88. The van der Waals surface area contributed by atoms with Gasteiger partial charge >= 0.3 is 0 Å². The highest BCUT2D eigenvalue weighted by Gasteiger charge is 2.27. The van der Waals surface area contributed by atoms with Crippen LogP contribution in [0, 0.1) is 11.6 Å². The van der Waals surface area contributed by atoms with E-state index in [9.17, 15) is 0 Å². The number of ether oxygens (including phenoxy) is 2. The molecule has 0 radical (unpaired) electrons. The van der Waals surface area contributed by atoms with E-state index in [1.54, 1.807) is 24.5 Å². The highest BCUT2D eigenvalue weighted by Crippen LogP contribution is 2.40. The largest absolute Gasteiger partial charge is 0.493 e. The number of H-pyrrole nitrogens is 1. The number of anilines is 2. The number of halogens is 2. The van der Waals surface area contributed by atoms with E-state index in [-0.39, 0.29) is 29.9 Å². The Bertz CT molecular complexity index is 1430. The van der Waals surface area contributed by atoms with Crippen LogP contribution in [0.2, 0.25) is 0 Å². The molecule has 0 spiro atoms. The number of hydrogen-bond donors (Lipinski definition) is 1. The Morgan fingerprint density at radius 2 is 1.80 bits per heavy atom. The molecule has 4 heterocycles. The van der Waals surface area contributed by atoms with Crippen molar-refractivity contribution in [2.45, 2.75) is 19.5 Å². The van der Waals surface area contributed by atoms with Crippen molar-refractivity contribution in [1.82, 2.24) is 25.1 Å². The molecule has 35 heavy (non-hydrogen) atoms. The van der Waals surface area contributed by atoms with Crippen molar-refractivity contribution in [1.29, 1.82) is 0 Å². The number of pyridine rings is 2. The van der Waals surface area contributed by atoms with E-state index in [4.69, 9.17) is 14.5 Å². The number of allylic oxidation sites excluding steroid dienone is 1. The van der Waals surface area contributed by atoms with Crippen molar-refractivity contribution in [3.05, 3.63) is 65.9 Å². The van der Waals surface area contributed by atoms with Crippen LogP contribution in [0.15, 0.2) is 47.9 Å². The lowest BCUT2D eigenvalue weighted by Crippen LogP contribution is -2.22. The zero-order valence-electron chi connectivity index (χ0n) is 19.2. The predicted molar refractivity (Wildman–Crippen MR) is 127 cm³/mol. The van der Waals surface area contributed by atoms with Crippen molar-refractivity contribution in [3.8, 4) is 11.5 Å². The van der Waals surface area contributed by atoms with Gasteiger partial charge in [0.2, 0.25) is 0 Å². The minimum absolute atomic E-state index is 0.0505. The van der Waals surface area contributed by atoms with Gasteiger partial charge in [0.1, 0.15) is 23.7 Å². The number of nitrogens with zero attached hydrogens (tertiary/aromatic N) is 6. The number of methoxy groups -OCH3 is 2. The molecule has 5 rings (SSSR count). The van der Waals surface area contributed by atoms with Crippen LogP contribution in [-0.2, 0) is 6.54 Å². The minimum Gasteiger partial charge on any atom is -0.493 e. The summed E-state index contributed by atoms with van der Waals surface area (Å²) < 4.78 is 41.2. The summed E-state index contributed by atoms with van der Waals surface area (Å²) in [6, 6.07) is 6.48. The van der Waals surface area contributed by atoms with Gasteiger partial charge in [0.05, 0.1) is 37.8 Å². The number of aromatic amines is 1. The van der Waals surface area contributed by atoms with E-state index in [0.717, 1.165) is 17.2 Å². The van der Waals surface area contributed by atoms with E-state index in [0.29, 0.717) is 16.9 Å². The number of fused-ring (bicyclic) bond motifs is 1. The molecule has 4 aromatic rings. The number of rotatable bonds is 7. The SMILES string of the molecule is COc1cc(OC)c(F)c(N(Cc2ncn[nH]2)c2ccc3ncc(C4=CC(C)N=C4)cc3n2)c1F. The van der Waals surface area contributed by atoms with Crippen LogP contribution >= 0.6 is 0 Å². The first-order valence-corrected chi connectivity index (χ1v) is 10.7. The van der Waals surface area contributed by atoms with Gasteiger partial charge < -0.3 is 14.4 Å². The van der Waals surface area contributed by atoms with Crippen molar-refractivity contribution in [2.24, 2.45) is 4.99 Å². The Labute approximate surface area is 199 Å². The maximum atomic E-state index is 15.5. The van der Waals surface area contributed by atoms with Gasteiger partial charge in [0.15, 0.2) is 23.1 Å². The van der Waals surface area contributed by atoms with Gasteiger partial charge in [0.25, 0.3) is 0 Å². The molecule has 1 atom stereocenters. The van der Waals surface area contributed by atoms with Crippen LogP contribution in [0.4, 0.5) is 20.3 Å². The third kappa shape index (κ3) is 4.16. The molecule has 1 aromatic carbocycles. The van der Waals surface area contributed by atoms with Crippen LogP contribution < -0.4 is 14.4 Å². The second-order valence-corrected chi connectivity index (χ2v) is 7.85. The van der Waals surface area contributed by atoms with Crippen LogP contribution in [0.5, 0.6) is 11.5 Å². The minimum atomic E-state index is -0.902. The first-order chi connectivity index (χ1) is 17.0. The second kappa shape index (κ2) is 9.09. The molecule has 0 fully saturated rings. The fraction of sp³-hybridized carbons (Fsp3) is 0.208. The van der Waals surface area contributed by atoms with Gasteiger partial charge in [-0.2, -0.15) is 5.10 Å². The molecule has 1 unspecified atom stereocenters. The third-order valence-electron chi connectivity index (χ3n) is 5.60. The summed E-state index contributed by atoms with van der Waals surface area (Å²) in [5, 5.41) is 6.56. The van der Waals surface area contributed by atoms with Crippen LogP contribution in [-0.4, -0.2) is 51.6 Å². The lowest BCUT2D eigenvalue weighted by molar-refractivity contribution is 0.358. The lowest BCUT2D eigenvalue weighted by atomic mass is 10.1. The number of benzene rings is 1. The highest BCUT2D eigenvalue weighted by molar-refractivity contribution is 6.12. The zero-order valence-corrected chi connectivity index (χ0v) is 19.2. The van der Waals surface area contributed by atoms with E-state index in [2.05, 4.69) is 25.2 Å². The normalized spacial score (nSPS) is 14.9. The Kier molecular flexibility index (Phi) is 5.81. The highest BCUT2D eigenvalue weighted by atomic mass is 19.1. The number of aliphatic imine (C=N–C) groups is 1. The molecule has 0 saturated carbocycles. The fourth-order valence-corrected chi connectivity index (χ4v) is 3.86. The van der Waals surface area contributed by atoms with Gasteiger partial charge in [0, 0.05) is 24.0 Å². The Morgan fingerprint density at radius 3 is 2.43 bits per heavy atom. The van der Waals surface area contributed by atoms with E-state index in [1.807, 2.05) is 19.1 Å². The molecular weight excluding hydrogens is 456 g/mol. The Balaban J connectivity index is 1.67. The van der Waals surface area contributed by atoms with Crippen LogP contribution in [0.3, 0.4) is 0 Å². The number of nitrogens with one attached hydrogen (secondary N) is 1. The summed E-state index contributed by atoms with van der Waals surface area (Å²) in [5.74, 6) is -1.51. The number of aromatic nitrogens is 5. The lowest BCUT2D eigenvalue weighted by Gasteiger charge is -2.25. The van der Waals surface area contributed by atoms with Crippen molar-refractivity contribution in [3.63, 3.8) is 0 Å². The van der Waals surface area contributed by atoms with Gasteiger partial charge in [-0.15, -0.1) is 0 Å². The van der Waals surface area contributed by atoms with Crippen molar-refractivity contribution < 1.29 is 18.3 Å². The predicted octanol–water partition coefficient (Wildman–Crippen LogP) is 4.24. The third-order valence-corrected chi connectivity index (χ3v) is 5.60. The standard InChI is InChI=1S/C24H21F2N7O2/c1-13-6-14(9-27-13)15-7-17-16(28-10-15)4-5-21(31-17)33(11-20-29-12-30-32-20)24-22(25)18(34-2)8-19(35-3)23(24)26/h4-10,12-13H,11H2,1-3H3,(H,29,30,32). The molecule has 11 heteroatoms. The average molecular weight is 477 g/mol. The molecule has 3 aromatic heterocycles. The van der Waals surface area contributed by atoms with Crippen molar-refractivity contribution >= 4 is 34.3 Å². The molecule has 0 bridgehead atoms. The molecular formula is C24H21F2N7O2. The molecule has 1 aliphatic heterocycles. The average Bonchev–Trinajstić information content (AvgIpc) is 3.55. The van der Waals surface area contributed by atoms with E-state index >= 15 is 8.78 Å². The molecule has 0 saturated heterocycles. The maximum absolute atomic E-state index is 15.5. The first-order valence-electron chi connectivity index (χ1n) is 10.7. The topological polar surface area (TPSA) is 101 Å². The molecule has 1 aliphatic rings. The number of hydrogen-bond acceptors (Lipinski definition) is 8. The summed E-state index contributed by atoms with van der Waals surface area (Å²) in [7, 11) is 2.59. The Hall–Kier alpha value is -4.41. The summed E-state index contributed by atoms with van der Waals surface area (Å²) >= 11 is 0. The van der Waals surface area contributed by atoms with Crippen LogP contribution in [0.25, 0.3) is 16.6 Å². The molecule has 0 amide bonds. The zero-order chi connectivity index (χ0) is 24.5. The summed E-state index contributed by atoms with van der Waals surface area (Å²) in [6.45, 7) is 1.94. The summed E-state index contributed by atoms with van der Waals surface area (Å²) in [4.78, 5) is 19.0. The van der Waals surface area contributed by atoms with Gasteiger partial charge in [-0.1, -0.05) is 6.08 Å². The molecule has 9 nitrogen and oxygen atoms in total. The summed E-state index contributed by atoms with van der Waals surface area (Å²) in [5.41, 5.74) is 2.56. The Morgan fingerprint density at radius 1 is 1.03 bits per heavy atom. The van der Waals surface area contributed by atoms with Gasteiger partial charge in [-0.25, -0.2) is 18.7 Å². The molecule has 178 valence electrons. The van der Waals surface area contributed by atoms with Gasteiger partial charge in [-0.3, -0.25) is 15.1 Å². The molecule has 0 aliphatic carbocycles. The van der Waals surface area contributed by atoms with E-state index < -0.39 is 17.3 Å². The smallest absolute Gasteiger partial charge is 0.191 e.